The van der Waals surface area contributed by atoms with Gasteiger partial charge in [-0.1, -0.05) is 24.3 Å². The number of carbonyl (C=O) groups excluding carboxylic acids is 1. The van der Waals surface area contributed by atoms with Crippen molar-refractivity contribution in [2.75, 3.05) is 0 Å². The molecule has 1 atom stereocenters. The normalized spacial score (nSPS) is 12.0. The highest BCUT2D eigenvalue weighted by Crippen LogP contribution is 2.21. The van der Waals surface area contributed by atoms with E-state index in [-0.39, 0.29) is 17.8 Å². The van der Waals surface area contributed by atoms with Crippen molar-refractivity contribution in [3.63, 3.8) is 0 Å². The number of aromatic amines is 1. The quantitative estimate of drug-likeness (QED) is 0.772. The van der Waals surface area contributed by atoms with Gasteiger partial charge in [0, 0.05) is 5.56 Å². The maximum atomic E-state index is 13.0. The van der Waals surface area contributed by atoms with Crippen LogP contribution in [0.2, 0.25) is 0 Å². The van der Waals surface area contributed by atoms with Crippen molar-refractivity contribution in [1.29, 1.82) is 0 Å². The monoisotopic (exact) mass is 324 g/mol. The molecule has 6 heteroatoms. The Balaban J connectivity index is 1.78. The number of hydrogen-bond acceptors (Lipinski definition) is 3. The summed E-state index contributed by atoms with van der Waals surface area (Å²) in [6.45, 7) is 3.63. The minimum Gasteiger partial charge on any atom is -0.342 e. The molecule has 0 aliphatic heterocycles. The van der Waals surface area contributed by atoms with E-state index in [1.165, 1.54) is 12.1 Å². The summed E-state index contributed by atoms with van der Waals surface area (Å²) in [5.74, 6) is 0.733. The standard InChI is InChI=1S/C18H17FN4O/c1-11(17-21-12(2)22-23-17)20-18(24)15-5-3-4-14(10-15)13-6-8-16(19)9-7-13/h3-11H,1-2H3,(H,20,24)(H,21,22,23)/t11-/m0/s1. The van der Waals surface area contributed by atoms with Crippen molar-refractivity contribution >= 4 is 5.91 Å². The molecule has 2 aromatic carbocycles. The molecular formula is C18H17FN4O. The van der Waals surface area contributed by atoms with E-state index in [0.717, 1.165) is 11.1 Å². The van der Waals surface area contributed by atoms with Crippen molar-refractivity contribution in [3.8, 4) is 11.1 Å². The number of nitrogens with one attached hydrogen (secondary N) is 2. The Labute approximate surface area is 138 Å². The van der Waals surface area contributed by atoms with Crippen LogP contribution in [-0.2, 0) is 0 Å². The fraction of sp³-hybridized carbons (Fsp3) is 0.167. The van der Waals surface area contributed by atoms with Crippen LogP contribution in [0.1, 0.15) is 35.0 Å². The fourth-order valence-corrected chi connectivity index (χ4v) is 2.38. The van der Waals surface area contributed by atoms with Crippen LogP contribution in [-0.4, -0.2) is 21.1 Å². The zero-order valence-electron chi connectivity index (χ0n) is 13.4. The van der Waals surface area contributed by atoms with Crippen molar-refractivity contribution in [3.05, 3.63) is 71.6 Å². The summed E-state index contributed by atoms with van der Waals surface area (Å²) in [4.78, 5) is 16.6. The number of rotatable bonds is 4. The third kappa shape index (κ3) is 3.48. The SMILES string of the molecule is Cc1nc([C@H](C)NC(=O)c2cccc(-c3ccc(F)cc3)c2)n[nH]1. The molecule has 2 N–H and O–H groups in total. The van der Waals surface area contributed by atoms with E-state index in [9.17, 15) is 9.18 Å². The molecule has 0 saturated heterocycles. The van der Waals surface area contributed by atoms with Gasteiger partial charge >= 0.3 is 0 Å². The smallest absolute Gasteiger partial charge is 0.251 e. The Morgan fingerprint density at radius 1 is 1.17 bits per heavy atom. The number of halogens is 1. The molecule has 24 heavy (non-hydrogen) atoms. The molecule has 0 aliphatic rings. The lowest BCUT2D eigenvalue weighted by Gasteiger charge is -2.11. The van der Waals surface area contributed by atoms with Gasteiger partial charge in [-0.15, -0.1) is 0 Å². The summed E-state index contributed by atoms with van der Waals surface area (Å²) in [6, 6.07) is 13.1. The summed E-state index contributed by atoms with van der Waals surface area (Å²) >= 11 is 0. The zero-order valence-corrected chi connectivity index (χ0v) is 13.4. The Morgan fingerprint density at radius 3 is 2.58 bits per heavy atom. The molecule has 0 fully saturated rings. The van der Waals surface area contributed by atoms with E-state index < -0.39 is 0 Å². The lowest BCUT2D eigenvalue weighted by molar-refractivity contribution is 0.0938. The van der Waals surface area contributed by atoms with Crippen molar-refractivity contribution in [1.82, 2.24) is 20.5 Å². The molecule has 3 rings (SSSR count). The first-order valence-corrected chi connectivity index (χ1v) is 7.58. The number of H-pyrrole nitrogens is 1. The number of benzene rings is 2. The Hall–Kier alpha value is -3.02. The van der Waals surface area contributed by atoms with Gasteiger partial charge in [-0.3, -0.25) is 9.89 Å². The Bertz CT molecular complexity index is 857. The number of amides is 1. The first-order valence-electron chi connectivity index (χ1n) is 7.58. The van der Waals surface area contributed by atoms with E-state index in [2.05, 4.69) is 20.5 Å². The van der Waals surface area contributed by atoms with Crippen molar-refractivity contribution < 1.29 is 9.18 Å². The first kappa shape index (κ1) is 15.9. The fourth-order valence-electron chi connectivity index (χ4n) is 2.38. The third-order valence-corrected chi connectivity index (χ3v) is 3.65. The molecule has 3 aromatic rings. The molecule has 0 aliphatic carbocycles. The van der Waals surface area contributed by atoms with Crippen LogP contribution in [0.5, 0.6) is 0 Å². The Morgan fingerprint density at radius 2 is 1.92 bits per heavy atom. The highest BCUT2D eigenvalue weighted by molar-refractivity contribution is 5.95. The van der Waals surface area contributed by atoms with Gasteiger partial charge in [0.15, 0.2) is 5.82 Å². The van der Waals surface area contributed by atoms with Crippen LogP contribution in [0, 0.1) is 12.7 Å². The molecule has 1 amide bonds. The number of hydrogen-bond donors (Lipinski definition) is 2. The summed E-state index contributed by atoms with van der Waals surface area (Å²) in [6.07, 6.45) is 0. The average Bonchev–Trinajstić information content (AvgIpc) is 3.02. The number of aromatic nitrogens is 3. The minimum absolute atomic E-state index is 0.214. The second kappa shape index (κ2) is 6.62. The van der Waals surface area contributed by atoms with Crippen LogP contribution < -0.4 is 5.32 Å². The Kier molecular flexibility index (Phi) is 4.37. The van der Waals surface area contributed by atoms with E-state index in [1.54, 1.807) is 37.3 Å². The predicted octanol–water partition coefficient (Wildman–Crippen LogP) is 3.41. The molecule has 0 bridgehead atoms. The molecular weight excluding hydrogens is 307 g/mol. The summed E-state index contributed by atoms with van der Waals surface area (Å²) in [5.41, 5.74) is 2.23. The average molecular weight is 324 g/mol. The van der Waals surface area contributed by atoms with E-state index >= 15 is 0 Å². The molecule has 122 valence electrons. The maximum absolute atomic E-state index is 13.0. The summed E-state index contributed by atoms with van der Waals surface area (Å²) in [5, 5.41) is 9.67. The van der Waals surface area contributed by atoms with E-state index in [0.29, 0.717) is 17.2 Å². The number of carbonyl (C=O) groups is 1. The van der Waals surface area contributed by atoms with Gasteiger partial charge in [0.2, 0.25) is 0 Å². The summed E-state index contributed by atoms with van der Waals surface area (Å²) in [7, 11) is 0. The lowest BCUT2D eigenvalue weighted by atomic mass is 10.0. The molecule has 0 unspecified atom stereocenters. The van der Waals surface area contributed by atoms with Crippen LogP contribution in [0.15, 0.2) is 48.5 Å². The number of aryl methyl sites for hydroxylation is 1. The second-order valence-electron chi connectivity index (χ2n) is 5.56. The molecule has 0 saturated carbocycles. The molecule has 0 spiro atoms. The number of nitrogens with zero attached hydrogens (tertiary/aromatic N) is 2. The molecule has 0 radical (unpaired) electrons. The van der Waals surface area contributed by atoms with Crippen LogP contribution in [0.4, 0.5) is 4.39 Å². The topological polar surface area (TPSA) is 70.7 Å². The van der Waals surface area contributed by atoms with Gasteiger partial charge < -0.3 is 5.32 Å². The second-order valence-corrected chi connectivity index (χ2v) is 5.56. The molecule has 5 nitrogen and oxygen atoms in total. The van der Waals surface area contributed by atoms with Gasteiger partial charge in [0.1, 0.15) is 11.6 Å². The first-order chi connectivity index (χ1) is 11.5. The van der Waals surface area contributed by atoms with Gasteiger partial charge in [0.25, 0.3) is 5.91 Å². The van der Waals surface area contributed by atoms with Crippen LogP contribution >= 0.6 is 0 Å². The van der Waals surface area contributed by atoms with E-state index in [1.807, 2.05) is 13.0 Å². The van der Waals surface area contributed by atoms with Gasteiger partial charge in [-0.05, 0) is 49.2 Å². The van der Waals surface area contributed by atoms with Crippen LogP contribution in [0.3, 0.4) is 0 Å². The van der Waals surface area contributed by atoms with Gasteiger partial charge in [-0.2, -0.15) is 5.10 Å². The maximum Gasteiger partial charge on any atom is 0.251 e. The van der Waals surface area contributed by atoms with Crippen LogP contribution in [0.25, 0.3) is 11.1 Å². The highest BCUT2D eigenvalue weighted by atomic mass is 19.1. The molecule has 1 heterocycles. The lowest BCUT2D eigenvalue weighted by Crippen LogP contribution is -2.27. The summed E-state index contributed by atoms with van der Waals surface area (Å²) < 4.78 is 13.0. The van der Waals surface area contributed by atoms with Gasteiger partial charge in [0.05, 0.1) is 6.04 Å². The largest absolute Gasteiger partial charge is 0.342 e. The van der Waals surface area contributed by atoms with Gasteiger partial charge in [-0.25, -0.2) is 9.37 Å². The van der Waals surface area contributed by atoms with Crippen molar-refractivity contribution in [2.24, 2.45) is 0 Å². The van der Waals surface area contributed by atoms with Crippen molar-refractivity contribution in [2.45, 2.75) is 19.9 Å². The molecule has 1 aromatic heterocycles. The minimum atomic E-state index is -0.308. The zero-order chi connectivity index (χ0) is 17.1. The highest BCUT2D eigenvalue weighted by Gasteiger charge is 2.15. The third-order valence-electron chi connectivity index (χ3n) is 3.65. The van der Waals surface area contributed by atoms with E-state index in [4.69, 9.17) is 0 Å². The predicted molar refractivity (Wildman–Crippen MR) is 88.8 cm³/mol.